The molecule has 0 saturated heterocycles. The Balaban J connectivity index is 0.00000242. The fourth-order valence-corrected chi connectivity index (χ4v) is 3.57. The molecule has 2 heterocycles. The van der Waals surface area contributed by atoms with Gasteiger partial charge in [-0.15, -0.1) is 46.7 Å². The second-order valence-electron chi connectivity index (χ2n) is 5.06. The molecule has 1 atom stereocenters. The van der Waals surface area contributed by atoms with Crippen LogP contribution >= 0.6 is 46.7 Å². The first-order valence-electron chi connectivity index (χ1n) is 7.05. The van der Waals surface area contributed by atoms with Gasteiger partial charge in [0, 0.05) is 29.5 Å². The van der Waals surface area contributed by atoms with Gasteiger partial charge in [-0.05, 0) is 30.7 Å². The highest BCUT2D eigenvalue weighted by molar-refractivity contribution is 14.0. The minimum Gasteiger partial charge on any atom is -0.356 e. The van der Waals surface area contributed by atoms with E-state index >= 15 is 0 Å². The monoisotopic (exact) mass is 450 g/mol. The van der Waals surface area contributed by atoms with E-state index < -0.39 is 0 Å². The first-order chi connectivity index (χ1) is 10.2. The zero-order chi connectivity index (χ0) is 15.1. The fraction of sp³-hybridized carbons (Fsp3) is 0.467. The van der Waals surface area contributed by atoms with Gasteiger partial charge in [-0.1, -0.05) is 13.0 Å². The predicted molar refractivity (Wildman–Crippen MR) is 108 cm³/mol. The summed E-state index contributed by atoms with van der Waals surface area (Å²) in [6.07, 6.45) is 3.01. The summed E-state index contributed by atoms with van der Waals surface area (Å²) in [6, 6.07) is 4.30. The molecule has 2 aromatic heterocycles. The number of hydrogen-bond donors (Lipinski definition) is 2. The molecule has 0 fully saturated rings. The molecule has 0 bridgehead atoms. The average Bonchev–Trinajstić information content (AvgIpc) is 3.11. The third-order valence-corrected chi connectivity index (χ3v) is 4.86. The molecule has 0 radical (unpaired) electrons. The molecule has 2 rings (SSSR count). The molecule has 0 spiro atoms. The molecule has 122 valence electrons. The van der Waals surface area contributed by atoms with Crippen LogP contribution in [0.3, 0.4) is 0 Å². The van der Waals surface area contributed by atoms with Gasteiger partial charge in [0.05, 0.1) is 6.54 Å². The topological polar surface area (TPSA) is 49.3 Å². The third-order valence-electron chi connectivity index (χ3n) is 3.05. The van der Waals surface area contributed by atoms with Crippen molar-refractivity contribution in [2.45, 2.75) is 26.8 Å². The van der Waals surface area contributed by atoms with E-state index in [0.717, 1.165) is 30.5 Å². The van der Waals surface area contributed by atoms with Crippen LogP contribution in [0.1, 0.15) is 21.7 Å². The van der Waals surface area contributed by atoms with Crippen LogP contribution in [0.15, 0.2) is 28.7 Å². The molecule has 1 unspecified atom stereocenters. The normalized spacial score (nSPS) is 12.6. The van der Waals surface area contributed by atoms with Crippen molar-refractivity contribution in [3.05, 3.63) is 38.5 Å². The number of hydrogen-bond acceptors (Lipinski definition) is 4. The van der Waals surface area contributed by atoms with Crippen LogP contribution in [0.5, 0.6) is 0 Å². The van der Waals surface area contributed by atoms with Crippen molar-refractivity contribution in [3.8, 4) is 0 Å². The standard InChI is InChI=1S/C15H22N4S2.HI/c1-11(7-13-5-4-6-20-13)8-18-15(16-3)19-10-14-17-9-12(2)21-14;/h4-6,9,11H,7-8,10H2,1-3H3,(H2,16,18,19);1H. The first-order valence-corrected chi connectivity index (χ1v) is 8.75. The van der Waals surface area contributed by atoms with Crippen LogP contribution in [0.25, 0.3) is 0 Å². The summed E-state index contributed by atoms with van der Waals surface area (Å²) in [7, 11) is 1.80. The van der Waals surface area contributed by atoms with Gasteiger partial charge in [-0.25, -0.2) is 4.98 Å². The highest BCUT2D eigenvalue weighted by Gasteiger charge is 2.06. The maximum atomic E-state index is 4.34. The molecule has 22 heavy (non-hydrogen) atoms. The Hall–Kier alpha value is -0.670. The third kappa shape index (κ3) is 6.62. The van der Waals surface area contributed by atoms with Crippen LogP contribution in [0, 0.1) is 12.8 Å². The molecule has 0 aromatic carbocycles. The highest BCUT2D eigenvalue weighted by atomic mass is 127. The molecular weight excluding hydrogens is 427 g/mol. The summed E-state index contributed by atoms with van der Waals surface area (Å²) in [5.41, 5.74) is 0. The first kappa shape index (κ1) is 19.4. The van der Waals surface area contributed by atoms with Gasteiger partial charge < -0.3 is 10.6 Å². The predicted octanol–water partition coefficient (Wildman–Crippen LogP) is 3.67. The molecule has 7 heteroatoms. The van der Waals surface area contributed by atoms with Crippen LogP contribution in [-0.2, 0) is 13.0 Å². The summed E-state index contributed by atoms with van der Waals surface area (Å²) in [5.74, 6) is 1.41. The van der Waals surface area contributed by atoms with Crippen molar-refractivity contribution in [2.75, 3.05) is 13.6 Å². The number of nitrogens with zero attached hydrogens (tertiary/aromatic N) is 2. The quantitative estimate of drug-likeness (QED) is 0.401. The van der Waals surface area contributed by atoms with Gasteiger partial charge >= 0.3 is 0 Å². The van der Waals surface area contributed by atoms with Crippen LogP contribution in [0.4, 0.5) is 0 Å². The smallest absolute Gasteiger partial charge is 0.191 e. The molecule has 2 aromatic rings. The number of aliphatic imine (C=N–C) groups is 1. The molecule has 0 aliphatic rings. The van der Waals surface area contributed by atoms with E-state index in [9.17, 15) is 0 Å². The SMILES string of the molecule is CN=C(NCc1ncc(C)s1)NCC(C)Cc1cccs1.I. The zero-order valence-electron chi connectivity index (χ0n) is 13.1. The van der Waals surface area contributed by atoms with Crippen LogP contribution in [-0.4, -0.2) is 24.5 Å². The second kappa shape index (κ2) is 10.2. The zero-order valence-corrected chi connectivity index (χ0v) is 17.1. The van der Waals surface area contributed by atoms with E-state index in [-0.39, 0.29) is 24.0 Å². The lowest BCUT2D eigenvalue weighted by Gasteiger charge is -2.15. The minimum atomic E-state index is 0. The van der Waals surface area contributed by atoms with E-state index in [1.807, 2.05) is 17.5 Å². The number of halogens is 1. The summed E-state index contributed by atoms with van der Waals surface area (Å²) >= 11 is 3.53. The Labute approximate surface area is 157 Å². The molecular formula is C15H23IN4S2. The van der Waals surface area contributed by atoms with Crippen molar-refractivity contribution in [1.29, 1.82) is 0 Å². The van der Waals surface area contributed by atoms with E-state index in [1.165, 1.54) is 9.75 Å². The maximum Gasteiger partial charge on any atom is 0.191 e. The maximum absolute atomic E-state index is 4.34. The van der Waals surface area contributed by atoms with E-state index in [4.69, 9.17) is 0 Å². The second-order valence-corrected chi connectivity index (χ2v) is 7.41. The van der Waals surface area contributed by atoms with Gasteiger partial charge in [0.25, 0.3) is 0 Å². The summed E-state index contributed by atoms with van der Waals surface area (Å²) in [4.78, 5) is 11.3. The van der Waals surface area contributed by atoms with Gasteiger partial charge in [0.2, 0.25) is 0 Å². The number of aryl methyl sites for hydroxylation is 1. The molecule has 0 aliphatic heterocycles. The molecule has 0 aliphatic carbocycles. The van der Waals surface area contributed by atoms with Crippen molar-refractivity contribution >= 4 is 52.6 Å². The van der Waals surface area contributed by atoms with Gasteiger partial charge in [0.15, 0.2) is 5.96 Å². The Morgan fingerprint density at radius 1 is 1.41 bits per heavy atom. The highest BCUT2D eigenvalue weighted by Crippen LogP contribution is 2.14. The number of aromatic nitrogens is 1. The van der Waals surface area contributed by atoms with Crippen LogP contribution in [0.2, 0.25) is 0 Å². The summed E-state index contributed by atoms with van der Waals surface area (Å²) in [6.45, 7) is 5.95. The average molecular weight is 450 g/mol. The van der Waals surface area contributed by atoms with Gasteiger partial charge in [0.1, 0.15) is 5.01 Å². The molecule has 0 saturated carbocycles. The lowest BCUT2D eigenvalue weighted by atomic mass is 10.1. The Bertz CT molecular complexity index is 566. The van der Waals surface area contributed by atoms with Crippen molar-refractivity contribution < 1.29 is 0 Å². The number of nitrogens with one attached hydrogen (secondary N) is 2. The van der Waals surface area contributed by atoms with Crippen LogP contribution < -0.4 is 10.6 Å². The van der Waals surface area contributed by atoms with Crippen molar-refractivity contribution in [3.63, 3.8) is 0 Å². The van der Waals surface area contributed by atoms with Crippen molar-refractivity contribution in [2.24, 2.45) is 10.9 Å². The largest absolute Gasteiger partial charge is 0.356 e. The lowest BCUT2D eigenvalue weighted by molar-refractivity contribution is 0.562. The van der Waals surface area contributed by atoms with E-state index in [0.29, 0.717) is 5.92 Å². The Morgan fingerprint density at radius 3 is 2.82 bits per heavy atom. The number of guanidine groups is 1. The number of thiophene rings is 1. The molecule has 0 amide bonds. The Kier molecular flexibility index (Phi) is 8.96. The summed E-state index contributed by atoms with van der Waals surface area (Å²) in [5, 5.41) is 9.90. The minimum absolute atomic E-state index is 0. The van der Waals surface area contributed by atoms with Crippen molar-refractivity contribution in [1.82, 2.24) is 15.6 Å². The molecule has 4 nitrogen and oxygen atoms in total. The number of rotatable bonds is 6. The Morgan fingerprint density at radius 2 is 2.23 bits per heavy atom. The van der Waals surface area contributed by atoms with E-state index in [1.54, 1.807) is 18.4 Å². The van der Waals surface area contributed by atoms with Gasteiger partial charge in [-0.3, -0.25) is 4.99 Å². The van der Waals surface area contributed by atoms with Gasteiger partial charge in [-0.2, -0.15) is 0 Å². The number of thiazole rings is 1. The molecule has 2 N–H and O–H groups in total. The fourth-order valence-electron chi connectivity index (χ4n) is 1.98. The lowest BCUT2D eigenvalue weighted by Crippen LogP contribution is -2.39. The summed E-state index contributed by atoms with van der Waals surface area (Å²) < 4.78 is 0. The van der Waals surface area contributed by atoms with E-state index in [2.05, 4.69) is 52.0 Å².